The first-order chi connectivity index (χ1) is 11.7. The van der Waals surface area contributed by atoms with E-state index in [4.69, 9.17) is 4.74 Å². The van der Waals surface area contributed by atoms with Crippen molar-refractivity contribution in [2.24, 2.45) is 5.92 Å². The van der Waals surface area contributed by atoms with Gasteiger partial charge in [-0.3, -0.25) is 4.98 Å². The predicted octanol–water partition coefficient (Wildman–Crippen LogP) is 2.92. The molecule has 4 nitrogen and oxygen atoms in total. The Kier molecular flexibility index (Phi) is 5.77. The van der Waals surface area contributed by atoms with Crippen LogP contribution in [0.2, 0.25) is 0 Å². The number of nitrogens with one attached hydrogen (secondary N) is 1. The summed E-state index contributed by atoms with van der Waals surface area (Å²) in [6.45, 7) is 1.45. The van der Waals surface area contributed by atoms with E-state index in [9.17, 15) is 9.50 Å². The van der Waals surface area contributed by atoms with Gasteiger partial charge in [0.05, 0.1) is 6.10 Å². The quantitative estimate of drug-likeness (QED) is 0.855. The molecule has 5 heteroatoms. The van der Waals surface area contributed by atoms with Gasteiger partial charge in [0.25, 0.3) is 0 Å². The molecule has 0 bridgehead atoms. The molecule has 3 atom stereocenters. The summed E-state index contributed by atoms with van der Waals surface area (Å²) in [6.07, 6.45) is 5.49. The number of hydrogen-bond acceptors (Lipinski definition) is 4. The van der Waals surface area contributed by atoms with Gasteiger partial charge in [0, 0.05) is 37.5 Å². The molecular formula is C19H23FN2O2. The van der Waals surface area contributed by atoms with E-state index in [2.05, 4.69) is 10.3 Å². The van der Waals surface area contributed by atoms with Crippen molar-refractivity contribution in [2.45, 2.75) is 38.0 Å². The monoisotopic (exact) mass is 330 g/mol. The van der Waals surface area contributed by atoms with Gasteiger partial charge in [-0.2, -0.15) is 0 Å². The van der Waals surface area contributed by atoms with Crippen molar-refractivity contribution < 1.29 is 14.2 Å². The maximum Gasteiger partial charge on any atom is 0.126 e. The Balaban J connectivity index is 1.51. The van der Waals surface area contributed by atoms with Crippen LogP contribution < -0.4 is 10.1 Å². The highest BCUT2D eigenvalue weighted by molar-refractivity contribution is 5.23. The number of benzene rings is 1. The lowest BCUT2D eigenvalue weighted by Crippen LogP contribution is -2.44. The lowest BCUT2D eigenvalue weighted by atomic mass is 9.84. The maximum absolute atomic E-state index is 13.3. The number of halogens is 1. The zero-order chi connectivity index (χ0) is 16.8. The van der Waals surface area contributed by atoms with E-state index in [-0.39, 0.29) is 17.8 Å². The highest BCUT2D eigenvalue weighted by Gasteiger charge is 2.33. The van der Waals surface area contributed by atoms with Crippen molar-refractivity contribution in [3.63, 3.8) is 0 Å². The van der Waals surface area contributed by atoms with Crippen LogP contribution in [-0.2, 0) is 6.54 Å². The van der Waals surface area contributed by atoms with Crippen molar-refractivity contribution in [1.82, 2.24) is 10.3 Å². The van der Waals surface area contributed by atoms with Crippen molar-refractivity contribution in [1.29, 1.82) is 0 Å². The van der Waals surface area contributed by atoms with Crippen LogP contribution >= 0.6 is 0 Å². The van der Waals surface area contributed by atoms with Crippen molar-refractivity contribution >= 4 is 0 Å². The van der Waals surface area contributed by atoms with Gasteiger partial charge < -0.3 is 15.2 Å². The highest BCUT2D eigenvalue weighted by Crippen LogP contribution is 2.28. The van der Waals surface area contributed by atoms with E-state index in [1.165, 1.54) is 12.1 Å². The van der Waals surface area contributed by atoms with Crippen LogP contribution in [0.1, 0.15) is 24.8 Å². The SMILES string of the molecule is O[C@@H]1[C@@H](CNCc2cccnc2)CCC[C@H]1Oc1cccc(F)c1. The zero-order valence-electron chi connectivity index (χ0n) is 13.6. The molecule has 1 heterocycles. The van der Waals surface area contributed by atoms with Crippen molar-refractivity contribution in [2.75, 3.05) is 6.54 Å². The third-order valence-corrected chi connectivity index (χ3v) is 4.47. The van der Waals surface area contributed by atoms with E-state index < -0.39 is 6.10 Å². The van der Waals surface area contributed by atoms with Crippen LogP contribution in [0.25, 0.3) is 0 Å². The molecule has 0 amide bonds. The lowest BCUT2D eigenvalue weighted by molar-refractivity contribution is -0.0307. The molecule has 1 aromatic heterocycles. The molecule has 0 radical (unpaired) electrons. The molecule has 1 fully saturated rings. The lowest BCUT2D eigenvalue weighted by Gasteiger charge is -2.35. The molecule has 1 aliphatic carbocycles. The smallest absolute Gasteiger partial charge is 0.126 e. The Morgan fingerprint density at radius 3 is 2.96 bits per heavy atom. The van der Waals surface area contributed by atoms with E-state index in [0.717, 1.165) is 37.9 Å². The summed E-state index contributed by atoms with van der Waals surface area (Å²) in [5.41, 5.74) is 1.12. The minimum atomic E-state index is -0.552. The highest BCUT2D eigenvalue weighted by atomic mass is 19.1. The summed E-state index contributed by atoms with van der Waals surface area (Å²) in [5, 5.41) is 14.0. The molecule has 2 aromatic rings. The molecule has 2 N–H and O–H groups in total. The summed E-state index contributed by atoms with van der Waals surface area (Å²) in [5.74, 6) is 0.282. The molecule has 3 rings (SSSR count). The fourth-order valence-corrected chi connectivity index (χ4v) is 3.20. The van der Waals surface area contributed by atoms with E-state index in [1.54, 1.807) is 18.3 Å². The fraction of sp³-hybridized carbons (Fsp3) is 0.421. The van der Waals surface area contributed by atoms with E-state index >= 15 is 0 Å². The second-order valence-electron chi connectivity index (χ2n) is 6.29. The van der Waals surface area contributed by atoms with Gasteiger partial charge >= 0.3 is 0 Å². The summed E-state index contributed by atoms with van der Waals surface area (Å²) in [4.78, 5) is 4.09. The van der Waals surface area contributed by atoms with Gasteiger partial charge in [-0.25, -0.2) is 4.39 Å². The summed E-state index contributed by atoms with van der Waals surface area (Å²) < 4.78 is 19.1. The Labute approximate surface area is 141 Å². The van der Waals surface area contributed by atoms with Gasteiger partial charge in [0.2, 0.25) is 0 Å². The number of nitrogens with zero attached hydrogens (tertiary/aromatic N) is 1. The Morgan fingerprint density at radius 1 is 1.25 bits per heavy atom. The van der Waals surface area contributed by atoms with Crippen molar-refractivity contribution in [3.05, 3.63) is 60.2 Å². The van der Waals surface area contributed by atoms with Crippen LogP contribution in [0.3, 0.4) is 0 Å². The number of ether oxygens (including phenoxy) is 1. The standard InChI is InChI=1S/C19H23FN2O2/c20-16-6-2-7-17(10-16)24-18-8-1-5-15(19(18)23)13-22-12-14-4-3-9-21-11-14/h2-4,6-7,9-11,15,18-19,22-23H,1,5,8,12-13H2/t15-,18-,19-/m1/s1. The summed E-state index contributed by atoms with van der Waals surface area (Å²) >= 11 is 0. The number of aliphatic hydroxyl groups is 1. The minimum Gasteiger partial charge on any atom is -0.488 e. The number of hydrogen-bond donors (Lipinski definition) is 2. The third kappa shape index (κ3) is 4.52. The van der Waals surface area contributed by atoms with Crippen LogP contribution in [0.4, 0.5) is 4.39 Å². The normalized spacial score (nSPS) is 23.8. The molecule has 1 aromatic carbocycles. The molecule has 0 spiro atoms. The Morgan fingerprint density at radius 2 is 2.17 bits per heavy atom. The van der Waals surface area contributed by atoms with Gasteiger partial charge in [0.1, 0.15) is 17.7 Å². The number of aliphatic hydroxyl groups excluding tert-OH is 1. The molecule has 128 valence electrons. The third-order valence-electron chi connectivity index (χ3n) is 4.47. The Bertz CT molecular complexity index is 638. The molecule has 0 unspecified atom stereocenters. The molecular weight excluding hydrogens is 307 g/mol. The first-order valence-corrected chi connectivity index (χ1v) is 8.42. The molecule has 24 heavy (non-hydrogen) atoms. The van der Waals surface area contributed by atoms with Gasteiger partial charge in [0.15, 0.2) is 0 Å². The largest absolute Gasteiger partial charge is 0.488 e. The van der Waals surface area contributed by atoms with Crippen LogP contribution in [0, 0.1) is 11.7 Å². The Hall–Kier alpha value is -1.98. The summed E-state index contributed by atoms with van der Waals surface area (Å²) in [7, 11) is 0. The van der Waals surface area contributed by atoms with Crippen molar-refractivity contribution in [3.8, 4) is 5.75 Å². The molecule has 0 aliphatic heterocycles. The summed E-state index contributed by atoms with van der Waals surface area (Å²) in [6, 6.07) is 10.0. The zero-order valence-corrected chi connectivity index (χ0v) is 13.6. The number of aromatic nitrogens is 1. The first-order valence-electron chi connectivity index (χ1n) is 8.42. The molecule has 1 aliphatic rings. The van der Waals surface area contributed by atoms with E-state index in [1.807, 2.05) is 18.3 Å². The predicted molar refractivity (Wildman–Crippen MR) is 90.1 cm³/mol. The fourth-order valence-electron chi connectivity index (χ4n) is 3.20. The second kappa shape index (κ2) is 8.22. The first kappa shape index (κ1) is 16.9. The average molecular weight is 330 g/mol. The average Bonchev–Trinajstić information content (AvgIpc) is 2.59. The topological polar surface area (TPSA) is 54.4 Å². The second-order valence-corrected chi connectivity index (χ2v) is 6.29. The van der Waals surface area contributed by atoms with Crippen LogP contribution in [0.15, 0.2) is 48.8 Å². The van der Waals surface area contributed by atoms with Crippen LogP contribution in [-0.4, -0.2) is 28.8 Å². The molecule has 1 saturated carbocycles. The van der Waals surface area contributed by atoms with Gasteiger partial charge in [-0.1, -0.05) is 12.1 Å². The number of pyridine rings is 1. The minimum absolute atomic E-state index is 0.133. The van der Waals surface area contributed by atoms with Gasteiger partial charge in [-0.05, 0) is 43.0 Å². The maximum atomic E-state index is 13.3. The molecule has 0 saturated heterocycles. The van der Waals surface area contributed by atoms with Crippen LogP contribution in [0.5, 0.6) is 5.75 Å². The van der Waals surface area contributed by atoms with E-state index in [0.29, 0.717) is 5.75 Å². The van der Waals surface area contributed by atoms with Gasteiger partial charge in [-0.15, -0.1) is 0 Å². The number of rotatable bonds is 6.